The Morgan fingerprint density at radius 1 is 1.17 bits per heavy atom. The van der Waals surface area contributed by atoms with Gasteiger partial charge in [-0.05, 0) is 96.0 Å². The summed E-state index contributed by atoms with van der Waals surface area (Å²) in [5, 5.41) is 15.3. The Hall–Kier alpha value is -1.65. The third-order valence-electron chi connectivity index (χ3n) is 8.89. The van der Waals surface area contributed by atoms with Crippen LogP contribution >= 0.6 is 11.3 Å². The summed E-state index contributed by atoms with van der Waals surface area (Å²) in [5.41, 5.74) is 2.18. The summed E-state index contributed by atoms with van der Waals surface area (Å²) < 4.78 is 6.88. The van der Waals surface area contributed by atoms with Gasteiger partial charge < -0.3 is 9.53 Å². The van der Waals surface area contributed by atoms with Crippen LogP contribution in [0.3, 0.4) is 0 Å². The number of aliphatic hydroxyl groups is 1. The molecule has 9 heteroatoms. The van der Waals surface area contributed by atoms with Crippen LogP contribution in [-0.2, 0) is 18.9 Å². The molecular weight excluding hydrogens is 565 g/mol. The van der Waals surface area contributed by atoms with Crippen LogP contribution in [0.2, 0.25) is 18.1 Å². The van der Waals surface area contributed by atoms with Crippen molar-refractivity contribution in [2.45, 2.75) is 125 Å². The number of ketones is 1. The van der Waals surface area contributed by atoms with Gasteiger partial charge in [0.2, 0.25) is 0 Å². The van der Waals surface area contributed by atoms with Crippen LogP contribution < -0.4 is 0 Å². The van der Waals surface area contributed by atoms with Crippen molar-refractivity contribution in [3.8, 4) is 0 Å². The highest BCUT2D eigenvalue weighted by molar-refractivity contribution is 7.09. The number of hydrogen-bond acceptors (Lipinski definition) is 7. The number of aliphatic hydroxyl groups excluding tert-OH is 1. The largest absolute Gasteiger partial charge is 0.410 e. The molecule has 1 amide bonds. The Labute approximate surface area is 260 Å². The van der Waals surface area contributed by atoms with E-state index in [1.165, 1.54) is 25.3 Å². The van der Waals surface area contributed by atoms with E-state index >= 15 is 0 Å². The van der Waals surface area contributed by atoms with Gasteiger partial charge in [0.25, 0.3) is 5.91 Å². The van der Waals surface area contributed by atoms with Gasteiger partial charge in [-0.1, -0.05) is 46.3 Å². The van der Waals surface area contributed by atoms with Crippen molar-refractivity contribution < 1.29 is 24.0 Å². The molecule has 1 heterocycles. The van der Waals surface area contributed by atoms with Crippen molar-refractivity contribution in [1.82, 2.24) is 10.0 Å². The lowest BCUT2D eigenvalue weighted by atomic mass is 9.76. The van der Waals surface area contributed by atoms with E-state index in [0.29, 0.717) is 0 Å². The molecular formula is C33H58N2O5SSi. The zero-order valence-corrected chi connectivity index (χ0v) is 30.6. The summed E-state index contributed by atoms with van der Waals surface area (Å²) in [6.07, 6.45) is 6.98. The minimum atomic E-state index is -1.99. The average molecular weight is 623 g/mol. The van der Waals surface area contributed by atoms with Crippen molar-refractivity contribution in [2.24, 2.45) is 17.3 Å². The smallest absolute Gasteiger partial charge is 0.258 e. The molecule has 1 aromatic heterocycles. The summed E-state index contributed by atoms with van der Waals surface area (Å²) in [4.78, 5) is 35.4. The summed E-state index contributed by atoms with van der Waals surface area (Å²) in [5.74, 6) is -1.45. The summed E-state index contributed by atoms with van der Waals surface area (Å²) in [6.45, 7) is 24.6. The maximum atomic E-state index is 13.1. The Balaban J connectivity index is 2.87. The van der Waals surface area contributed by atoms with Crippen LogP contribution in [0.4, 0.5) is 0 Å². The maximum absolute atomic E-state index is 13.1. The molecule has 0 unspecified atom stereocenters. The van der Waals surface area contributed by atoms with E-state index in [1.54, 1.807) is 32.1 Å². The predicted octanol–water partition coefficient (Wildman–Crippen LogP) is 8.00. The van der Waals surface area contributed by atoms with E-state index in [4.69, 9.17) is 9.26 Å². The second kappa shape index (κ2) is 15.9. The number of amides is 1. The molecule has 0 spiro atoms. The molecule has 1 aromatic rings. The molecule has 0 aliphatic rings. The minimum Gasteiger partial charge on any atom is -0.410 e. The number of hydroxylamine groups is 2. The molecule has 42 heavy (non-hydrogen) atoms. The number of thiazole rings is 1. The van der Waals surface area contributed by atoms with Gasteiger partial charge in [-0.15, -0.1) is 11.3 Å². The number of allylic oxidation sites excluding steroid dienone is 1. The van der Waals surface area contributed by atoms with E-state index in [-0.39, 0.29) is 22.8 Å². The number of aromatic nitrogens is 1. The standard InChI is InChI=1S/C33H58N2O5SSi/c1-22(16-15-17-23(2)29(36)25(4)30(37)33(9,10)31(38)35(11)39-12)18-19-28(40-42(13,14)32(6,7)8)24(3)20-27-21-41-26(5)34-27/h18,20-21,23,25,28-29,36H,15-17,19H2,1-14H3/b22-18-,24-20+/t23-,25+,28+,29-/m0/s1. The fourth-order valence-electron chi connectivity index (χ4n) is 4.71. The van der Waals surface area contributed by atoms with Crippen molar-refractivity contribution in [3.05, 3.63) is 33.3 Å². The number of aryl methyl sites for hydroxylation is 1. The Morgan fingerprint density at radius 3 is 2.26 bits per heavy atom. The third-order valence-corrected chi connectivity index (χ3v) is 14.2. The monoisotopic (exact) mass is 622 g/mol. The number of nitrogens with zero attached hydrogens (tertiary/aromatic N) is 2. The Kier molecular flexibility index (Phi) is 14.5. The van der Waals surface area contributed by atoms with E-state index in [2.05, 4.69) is 70.2 Å². The Morgan fingerprint density at radius 2 is 1.76 bits per heavy atom. The van der Waals surface area contributed by atoms with Gasteiger partial charge in [0, 0.05) is 18.3 Å². The van der Waals surface area contributed by atoms with E-state index < -0.39 is 31.7 Å². The fourth-order valence-corrected chi connectivity index (χ4v) is 6.63. The number of carbonyl (C=O) groups excluding carboxylic acids is 2. The third kappa shape index (κ3) is 10.8. The zero-order valence-electron chi connectivity index (χ0n) is 28.8. The molecule has 0 fully saturated rings. The summed E-state index contributed by atoms with van der Waals surface area (Å²) in [7, 11) is 0.880. The highest BCUT2D eigenvalue weighted by atomic mass is 32.1. The molecule has 0 aliphatic heterocycles. The molecule has 1 rings (SSSR count). The van der Waals surface area contributed by atoms with Gasteiger partial charge in [0.15, 0.2) is 14.1 Å². The first-order chi connectivity index (χ1) is 19.1. The normalized spacial score (nSPS) is 16.6. The average Bonchev–Trinajstić information content (AvgIpc) is 3.31. The molecule has 4 atom stereocenters. The van der Waals surface area contributed by atoms with Gasteiger partial charge in [0.05, 0.1) is 30.0 Å². The zero-order chi connectivity index (χ0) is 32.6. The summed E-state index contributed by atoms with van der Waals surface area (Å²) in [6, 6.07) is 0. The lowest BCUT2D eigenvalue weighted by molar-refractivity contribution is -0.181. The van der Waals surface area contributed by atoms with Gasteiger partial charge in [-0.25, -0.2) is 10.0 Å². The number of hydrogen-bond donors (Lipinski definition) is 1. The molecule has 0 aromatic carbocycles. The highest BCUT2D eigenvalue weighted by Gasteiger charge is 2.43. The Bertz CT molecular complexity index is 1100. The van der Waals surface area contributed by atoms with Gasteiger partial charge in [0.1, 0.15) is 5.41 Å². The predicted molar refractivity (Wildman–Crippen MR) is 178 cm³/mol. The first-order valence-corrected chi connectivity index (χ1v) is 18.9. The van der Waals surface area contributed by atoms with Crippen LogP contribution in [-0.4, -0.2) is 61.5 Å². The number of rotatable bonds is 16. The van der Waals surface area contributed by atoms with Gasteiger partial charge in [-0.2, -0.15) is 0 Å². The molecule has 0 radical (unpaired) electrons. The van der Waals surface area contributed by atoms with E-state index in [1.807, 2.05) is 13.8 Å². The van der Waals surface area contributed by atoms with Gasteiger partial charge in [-0.3, -0.25) is 14.4 Å². The SMILES string of the molecule is CON(C)C(=O)C(C)(C)C(=O)[C@H](C)[C@@H](O)[C@@H](C)CCC/C(C)=C\C[C@@H](O[Si](C)(C)C(C)(C)C)/C(C)=C/c1csc(C)n1. The fraction of sp³-hybridized carbons (Fsp3) is 0.727. The molecule has 7 nitrogen and oxygen atoms in total. The quantitative estimate of drug-likeness (QED) is 0.0870. The number of carbonyl (C=O) groups is 2. The molecule has 0 saturated carbocycles. The highest BCUT2D eigenvalue weighted by Crippen LogP contribution is 2.39. The van der Waals surface area contributed by atoms with Crippen molar-refractivity contribution in [1.29, 1.82) is 0 Å². The molecule has 0 bridgehead atoms. The lowest BCUT2D eigenvalue weighted by Gasteiger charge is -2.39. The minimum absolute atomic E-state index is 0.0151. The second-order valence-corrected chi connectivity index (χ2v) is 19.8. The first kappa shape index (κ1) is 38.4. The van der Waals surface area contributed by atoms with Crippen molar-refractivity contribution in [2.75, 3.05) is 14.2 Å². The van der Waals surface area contributed by atoms with Crippen LogP contribution in [0.25, 0.3) is 6.08 Å². The van der Waals surface area contributed by atoms with Crippen molar-refractivity contribution >= 4 is 37.4 Å². The summed E-state index contributed by atoms with van der Waals surface area (Å²) >= 11 is 1.66. The van der Waals surface area contributed by atoms with Crippen LogP contribution in [0, 0.1) is 24.2 Å². The molecule has 240 valence electrons. The van der Waals surface area contributed by atoms with Crippen molar-refractivity contribution in [3.63, 3.8) is 0 Å². The van der Waals surface area contributed by atoms with E-state index in [0.717, 1.165) is 41.4 Å². The van der Waals surface area contributed by atoms with E-state index in [9.17, 15) is 14.7 Å². The first-order valence-electron chi connectivity index (χ1n) is 15.1. The topological polar surface area (TPSA) is 89.0 Å². The number of Topliss-reactive ketones (excluding diaryl/α,β-unsaturated/α-hetero) is 1. The second-order valence-electron chi connectivity index (χ2n) is 14.0. The maximum Gasteiger partial charge on any atom is 0.258 e. The lowest BCUT2D eigenvalue weighted by Crippen LogP contribution is -2.47. The molecule has 0 saturated heterocycles. The van der Waals surface area contributed by atoms with Gasteiger partial charge >= 0.3 is 0 Å². The molecule has 1 N–H and O–H groups in total. The van der Waals surface area contributed by atoms with Crippen LogP contribution in [0.1, 0.15) is 98.7 Å². The van der Waals surface area contributed by atoms with Crippen LogP contribution in [0.15, 0.2) is 22.6 Å². The van der Waals surface area contributed by atoms with Crippen LogP contribution in [0.5, 0.6) is 0 Å². The molecule has 0 aliphatic carbocycles.